The fraction of sp³-hybridized carbons (Fsp3) is 0.125. The van der Waals surface area contributed by atoms with E-state index in [2.05, 4.69) is 22.6 Å². The molecule has 0 saturated carbocycles. The lowest BCUT2D eigenvalue weighted by Crippen LogP contribution is -2.21. The number of rotatable bonds is 7. The quantitative estimate of drug-likeness (QED) is 0.199. The van der Waals surface area contributed by atoms with E-state index in [9.17, 15) is 22.6 Å². The molecule has 0 unspecified atom stereocenters. The van der Waals surface area contributed by atoms with Gasteiger partial charge in [-0.3, -0.25) is 4.55 Å². The van der Waals surface area contributed by atoms with Crippen LogP contribution in [0.25, 0.3) is 0 Å². The second kappa shape index (κ2) is 10.5. The number of esters is 2. The number of halogens is 3. The van der Waals surface area contributed by atoms with Crippen molar-refractivity contribution in [3.05, 3.63) is 47.1 Å². The third kappa shape index (κ3) is 7.36. The molecule has 0 amide bonds. The molecular formula is C16H11I3O8S. The molecule has 1 N–H and O–H groups in total. The van der Waals surface area contributed by atoms with E-state index in [1.54, 1.807) is 69.4 Å². The summed E-state index contributed by atoms with van der Waals surface area (Å²) in [5.41, 5.74) is 0. The Kier molecular flexibility index (Phi) is 8.86. The van der Waals surface area contributed by atoms with Crippen LogP contribution in [0.3, 0.4) is 0 Å². The maximum Gasteiger partial charge on any atom is 0.337 e. The predicted molar refractivity (Wildman–Crippen MR) is 123 cm³/mol. The number of hydrogen-bond donors (Lipinski definition) is 1. The highest BCUT2D eigenvalue weighted by molar-refractivity contribution is 14.1. The molecule has 0 heterocycles. The van der Waals surface area contributed by atoms with Gasteiger partial charge < -0.3 is 14.2 Å². The van der Waals surface area contributed by atoms with Gasteiger partial charge in [0.15, 0.2) is 0 Å². The highest BCUT2D eigenvalue weighted by Gasteiger charge is 2.20. The van der Waals surface area contributed by atoms with Gasteiger partial charge in [0.05, 0.1) is 0 Å². The predicted octanol–water partition coefficient (Wildman–Crippen LogP) is 3.27. The summed E-state index contributed by atoms with van der Waals surface area (Å²) in [5.74, 6) is -1.01. The molecule has 0 radical (unpaired) electrons. The maximum absolute atomic E-state index is 11.8. The zero-order valence-corrected chi connectivity index (χ0v) is 21.0. The van der Waals surface area contributed by atoms with Gasteiger partial charge >= 0.3 is 11.9 Å². The van der Waals surface area contributed by atoms with Crippen molar-refractivity contribution in [3.8, 4) is 11.5 Å². The molecule has 0 spiro atoms. The second-order valence-corrected chi connectivity index (χ2v) is 10.0. The normalized spacial score (nSPS) is 11.1. The van der Waals surface area contributed by atoms with Crippen LogP contribution in [-0.2, 0) is 24.4 Å². The van der Waals surface area contributed by atoms with Crippen LogP contribution in [-0.4, -0.2) is 38.1 Å². The smallest absolute Gasteiger partial charge is 0.337 e. The van der Waals surface area contributed by atoms with Crippen LogP contribution in [0.5, 0.6) is 11.5 Å². The first-order valence-corrected chi connectivity index (χ1v) is 11.9. The molecule has 0 saturated heterocycles. The molecule has 12 heteroatoms. The first-order chi connectivity index (χ1) is 13.1. The van der Waals surface area contributed by atoms with Crippen molar-refractivity contribution < 1.29 is 36.8 Å². The number of ether oxygens (including phenoxy) is 3. The molecule has 0 aliphatic heterocycles. The minimum atomic E-state index is -4.39. The first kappa shape index (κ1) is 23.7. The molecule has 2 aromatic carbocycles. The number of carbonyl (C=O) groups excluding carboxylic acids is 2. The fourth-order valence-corrected chi connectivity index (χ4v) is 6.24. The number of benzene rings is 2. The second-order valence-electron chi connectivity index (χ2n) is 5.09. The zero-order valence-electron chi connectivity index (χ0n) is 13.7. The Morgan fingerprint density at radius 2 is 1.32 bits per heavy atom. The molecule has 2 rings (SSSR count). The summed E-state index contributed by atoms with van der Waals surface area (Å²) in [4.78, 5) is 23.2. The highest BCUT2D eigenvalue weighted by atomic mass is 127. The van der Waals surface area contributed by atoms with E-state index in [0.29, 0.717) is 5.75 Å². The van der Waals surface area contributed by atoms with Gasteiger partial charge in [-0.25, -0.2) is 9.59 Å². The largest absolute Gasteiger partial charge is 0.425 e. The van der Waals surface area contributed by atoms with E-state index < -0.39 is 35.3 Å². The molecule has 2 aromatic rings. The molecule has 0 aromatic heterocycles. The van der Waals surface area contributed by atoms with Gasteiger partial charge in [0, 0.05) is 10.7 Å². The van der Waals surface area contributed by atoms with Gasteiger partial charge in [-0.05, 0) is 104 Å². The van der Waals surface area contributed by atoms with E-state index in [4.69, 9.17) is 14.2 Å². The van der Waals surface area contributed by atoms with Gasteiger partial charge in [-0.1, -0.05) is 0 Å². The van der Waals surface area contributed by atoms with Gasteiger partial charge in [0.25, 0.3) is 10.1 Å². The van der Waals surface area contributed by atoms with Gasteiger partial charge in [0.2, 0.25) is 0 Å². The van der Waals surface area contributed by atoms with Crippen LogP contribution in [0.2, 0.25) is 0 Å². The Morgan fingerprint density at radius 1 is 0.857 bits per heavy atom. The summed E-state index contributed by atoms with van der Waals surface area (Å²) in [6, 6.07) is 9.39. The summed E-state index contributed by atoms with van der Waals surface area (Å²) in [6.07, 6.45) is 0. The monoisotopic (exact) mass is 744 g/mol. The topological polar surface area (TPSA) is 116 Å². The van der Waals surface area contributed by atoms with Crippen LogP contribution in [0, 0.1) is 10.7 Å². The van der Waals surface area contributed by atoms with Crippen molar-refractivity contribution in [2.45, 2.75) is 4.90 Å². The molecule has 0 atom stereocenters. The third-order valence-electron chi connectivity index (χ3n) is 2.95. The Labute approximate surface area is 201 Å². The SMILES string of the molecule is O=C(COCC(=O)Oc1cc(I)c(S(=O)(=O)O)c(I)c1)Oc1ccc(I)cc1. The molecule has 0 bridgehead atoms. The summed E-state index contributed by atoms with van der Waals surface area (Å²) >= 11 is 5.53. The van der Waals surface area contributed by atoms with Crippen molar-refractivity contribution in [1.29, 1.82) is 0 Å². The van der Waals surface area contributed by atoms with E-state index in [0.717, 1.165) is 3.57 Å². The summed E-state index contributed by atoms with van der Waals surface area (Å²) < 4.78 is 48.3. The molecule has 0 aliphatic rings. The summed E-state index contributed by atoms with van der Waals surface area (Å²) in [5, 5.41) is 0. The minimum Gasteiger partial charge on any atom is -0.425 e. The first-order valence-electron chi connectivity index (χ1n) is 7.27. The standard InChI is InChI=1S/C16H11I3O8S/c17-9-1-3-10(4-2-9)26-14(20)7-25-8-15(21)27-11-5-12(18)16(13(19)6-11)28(22,23)24/h1-6H,7-8H2,(H,22,23,24). The zero-order chi connectivity index (χ0) is 20.9. The summed E-state index contributed by atoms with van der Waals surface area (Å²) in [7, 11) is -4.39. The Morgan fingerprint density at radius 3 is 1.79 bits per heavy atom. The molecule has 0 aliphatic carbocycles. The van der Waals surface area contributed by atoms with E-state index in [-0.39, 0.29) is 17.8 Å². The molecule has 8 nitrogen and oxygen atoms in total. The Bertz CT molecular complexity index is 966. The molecular weight excluding hydrogens is 733 g/mol. The van der Waals surface area contributed by atoms with Crippen molar-refractivity contribution in [1.82, 2.24) is 0 Å². The Hall–Kier alpha value is -0.560. The van der Waals surface area contributed by atoms with Gasteiger partial charge in [-0.15, -0.1) is 0 Å². The van der Waals surface area contributed by atoms with Crippen LogP contribution in [0.1, 0.15) is 0 Å². The summed E-state index contributed by atoms with van der Waals surface area (Å²) in [6.45, 7) is -0.952. The molecule has 150 valence electrons. The molecule has 0 fully saturated rings. The average molecular weight is 744 g/mol. The third-order valence-corrected chi connectivity index (χ3v) is 7.06. The number of carbonyl (C=O) groups is 2. The fourth-order valence-electron chi connectivity index (χ4n) is 1.88. The van der Waals surface area contributed by atoms with Crippen LogP contribution >= 0.6 is 67.8 Å². The van der Waals surface area contributed by atoms with Crippen molar-refractivity contribution in [3.63, 3.8) is 0 Å². The van der Waals surface area contributed by atoms with Crippen LogP contribution < -0.4 is 9.47 Å². The van der Waals surface area contributed by atoms with Crippen molar-refractivity contribution in [2.24, 2.45) is 0 Å². The lowest BCUT2D eigenvalue weighted by atomic mass is 10.3. The Balaban J connectivity index is 1.85. The van der Waals surface area contributed by atoms with Gasteiger partial charge in [-0.2, -0.15) is 8.42 Å². The van der Waals surface area contributed by atoms with Crippen LogP contribution in [0.4, 0.5) is 0 Å². The lowest BCUT2D eigenvalue weighted by Gasteiger charge is -2.09. The number of hydrogen-bond acceptors (Lipinski definition) is 7. The van der Waals surface area contributed by atoms with Crippen molar-refractivity contribution >= 4 is 89.8 Å². The van der Waals surface area contributed by atoms with E-state index in [1.807, 2.05) is 0 Å². The molecule has 28 heavy (non-hydrogen) atoms. The van der Waals surface area contributed by atoms with E-state index in [1.165, 1.54) is 12.1 Å². The highest BCUT2D eigenvalue weighted by Crippen LogP contribution is 2.29. The lowest BCUT2D eigenvalue weighted by molar-refractivity contribution is -0.145. The average Bonchev–Trinajstić information content (AvgIpc) is 2.55. The minimum absolute atomic E-state index is 0.0799. The maximum atomic E-state index is 11.8. The van der Waals surface area contributed by atoms with E-state index >= 15 is 0 Å². The van der Waals surface area contributed by atoms with Gasteiger partial charge in [0.1, 0.15) is 29.6 Å². The van der Waals surface area contributed by atoms with Crippen molar-refractivity contribution in [2.75, 3.05) is 13.2 Å². The van der Waals surface area contributed by atoms with Crippen LogP contribution in [0.15, 0.2) is 41.3 Å².